The van der Waals surface area contributed by atoms with Crippen LogP contribution in [0.25, 0.3) is 0 Å². The van der Waals surface area contributed by atoms with E-state index in [0.717, 1.165) is 30.2 Å². The van der Waals surface area contributed by atoms with Crippen LogP contribution in [0.2, 0.25) is 0 Å². The van der Waals surface area contributed by atoms with Crippen LogP contribution >= 0.6 is 15.9 Å². The fourth-order valence-electron chi connectivity index (χ4n) is 2.38. The zero-order chi connectivity index (χ0) is 13.9. The van der Waals surface area contributed by atoms with Gasteiger partial charge < -0.3 is 0 Å². The van der Waals surface area contributed by atoms with Gasteiger partial charge in [-0.1, -0.05) is 35.0 Å². The smallest absolute Gasteiger partial charge is 0.207 e. The number of alkyl halides is 1. The Bertz CT molecular complexity index is 513. The molecule has 2 rings (SSSR count). The quantitative estimate of drug-likeness (QED) is 0.787. The molecular formula is C14H20BrNO2S. The van der Waals surface area contributed by atoms with Crippen molar-refractivity contribution in [1.29, 1.82) is 0 Å². The van der Waals surface area contributed by atoms with Gasteiger partial charge in [0, 0.05) is 18.4 Å². The van der Waals surface area contributed by atoms with Gasteiger partial charge in [0.1, 0.15) is 0 Å². The molecule has 1 heterocycles. The standard InChI is InChI=1S/C14H20BrNO2S/c1-12-3-2-9-16(10-8-12)19(17,18)14-6-4-13(11-15)5-7-14/h4-7,12H,2-3,8-11H2,1H3. The minimum Gasteiger partial charge on any atom is -0.207 e. The van der Waals surface area contributed by atoms with E-state index in [1.807, 2.05) is 12.1 Å². The van der Waals surface area contributed by atoms with Gasteiger partial charge in [-0.05, 0) is 42.9 Å². The molecule has 0 radical (unpaired) electrons. The second-order valence-corrected chi connectivity index (χ2v) is 7.72. The summed E-state index contributed by atoms with van der Waals surface area (Å²) in [5, 5.41) is 0.745. The molecule has 0 spiro atoms. The molecule has 0 amide bonds. The summed E-state index contributed by atoms with van der Waals surface area (Å²) < 4.78 is 26.8. The molecule has 5 heteroatoms. The van der Waals surface area contributed by atoms with Crippen LogP contribution in [0.5, 0.6) is 0 Å². The summed E-state index contributed by atoms with van der Waals surface area (Å²) in [6, 6.07) is 7.14. The van der Waals surface area contributed by atoms with Crippen LogP contribution in [0.1, 0.15) is 31.7 Å². The lowest BCUT2D eigenvalue weighted by atomic mass is 10.0. The Kier molecular flexibility index (Phi) is 5.03. The minimum atomic E-state index is -3.32. The van der Waals surface area contributed by atoms with E-state index in [4.69, 9.17) is 0 Å². The second kappa shape index (κ2) is 6.37. The van der Waals surface area contributed by atoms with Gasteiger partial charge in [0.05, 0.1) is 4.90 Å². The van der Waals surface area contributed by atoms with Crippen LogP contribution in [0.4, 0.5) is 0 Å². The highest BCUT2D eigenvalue weighted by Crippen LogP contribution is 2.23. The number of nitrogens with zero attached hydrogens (tertiary/aromatic N) is 1. The van der Waals surface area contributed by atoms with E-state index in [0.29, 0.717) is 23.9 Å². The van der Waals surface area contributed by atoms with Crippen molar-refractivity contribution in [3.05, 3.63) is 29.8 Å². The van der Waals surface area contributed by atoms with Gasteiger partial charge in [-0.3, -0.25) is 0 Å². The Morgan fingerprint density at radius 1 is 1.21 bits per heavy atom. The van der Waals surface area contributed by atoms with E-state index in [1.165, 1.54) is 0 Å². The Hall–Kier alpha value is -0.390. The SMILES string of the molecule is CC1CCCN(S(=O)(=O)c2ccc(CBr)cc2)CC1. The van der Waals surface area contributed by atoms with Crippen LogP contribution in [-0.2, 0) is 15.4 Å². The molecule has 1 fully saturated rings. The maximum absolute atomic E-state index is 12.6. The number of sulfonamides is 1. The van der Waals surface area contributed by atoms with Crippen LogP contribution < -0.4 is 0 Å². The van der Waals surface area contributed by atoms with Crippen molar-refractivity contribution in [3.63, 3.8) is 0 Å². The molecule has 1 aliphatic rings. The van der Waals surface area contributed by atoms with Crippen LogP contribution in [-0.4, -0.2) is 25.8 Å². The maximum atomic E-state index is 12.6. The highest BCUT2D eigenvalue weighted by atomic mass is 79.9. The molecule has 1 aromatic carbocycles. The summed E-state index contributed by atoms with van der Waals surface area (Å²) in [6.45, 7) is 3.48. The Morgan fingerprint density at radius 2 is 1.89 bits per heavy atom. The van der Waals surface area contributed by atoms with E-state index in [-0.39, 0.29) is 0 Å². The first kappa shape index (κ1) is 15.0. The number of halogens is 1. The summed E-state index contributed by atoms with van der Waals surface area (Å²) in [4.78, 5) is 0.409. The molecule has 1 aromatic rings. The molecule has 1 saturated heterocycles. The van der Waals surface area contributed by atoms with Gasteiger partial charge >= 0.3 is 0 Å². The first-order chi connectivity index (χ1) is 9.04. The van der Waals surface area contributed by atoms with Crippen molar-refractivity contribution in [1.82, 2.24) is 4.31 Å². The third-order valence-corrected chi connectivity index (χ3v) is 6.25. The number of hydrogen-bond acceptors (Lipinski definition) is 2. The molecule has 0 saturated carbocycles. The number of benzene rings is 1. The summed E-state index contributed by atoms with van der Waals surface area (Å²) in [7, 11) is -3.32. The van der Waals surface area contributed by atoms with Crippen molar-refractivity contribution >= 4 is 26.0 Å². The average molecular weight is 346 g/mol. The van der Waals surface area contributed by atoms with E-state index in [2.05, 4.69) is 22.9 Å². The Balaban J connectivity index is 2.20. The van der Waals surface area contributed by atoms with Crippen molar-refractivity contribution < 1.29 is 8.42 Å². The highest BCUT2D eigenvalue weighted by Gasteiger charge is 2.26. The molecule has 1 aliphatic heterocycles. The monoisotopic (exact) mass is 345 g/mol. The Morgan fingerprint density at radius 3 is 2.53 bits per heavy atom. The molecule has 0 N–H and O–H groups in total. The largest absolute Gasteiger partial charge is 0.243 e. The van der Waals surface area contributed by atoms with E-state index in [1.54, 1.807) is 16.4 Å². The first-order valence-corrected chi connectivity index (χ1v) is 9.25. The zero-order valence-corrected chi connectivity index (χ0v) is 13.6. The predicted molar refractivity (Wildman–Crippen MR) is 80.8 cm³/mol. The van der Waals surface area contributed by atoms with Crippen LogP contribution in [0, 0.1) is 5.92 Å². The van der Waals surface area contributed by atoms with Crippen molar-refractivity contribution in [3.8, 4) is 0 Å². The Labute approximate surface area is 124 Å². The lowest BCUT2D eigenvalue weighted by molar-refractivity contribution is 0.417. The summed E-state index contributed by atoms with van der Waals surface area (Å²) >= 11 is 3.37. The molecule has 106 valence electrons. The summed E-state index contributed by atoms with van der Waals surface area (Å²) in [5.41, 5.74) is 1.09. The maximum Gasteiger partial charge on any atom is 0.243 e. The third kappa shape index (κ3) is 3.58. The minimum absolute atomic E-state index is 0.409. The zero-order valence-electron chi connectivity index (χ0n) is 11.2. The predicted octanol–water partition coefficient (Wildman–Crippen LogP) is 3.39. The topological polar surface area (TPSA) is 37.4 Å². The molecule has 0 bridgehead atoms. The molecule has 19 heavy (non-hydrogen) atoms. The summed E-state index contributed by atoms with van der Waals surface area (Å²) in [6.07, 6.45) is 3.03. The average Bonchev–Trinajstić information content (AvgIpc) is 2.64. The van der Waals surface area contributed by atoms with E-state index < -0.39 is 10.0 Å². The van der Waals surface area contributed by atoms with Gasteiger partial charge in [-0.25, -0.2) is 8.42 Å². The van der Waals surface area contributed by atoms with E-state index >= 15 is 0 Å². The number of rotatable bonds is 3. The van der Waals surface area contributed by atoms with E-state index in [9.17, 15) is 8.42 Å². The lowest BCUT2D eigenvalue weighted by Gasteiger charge is -2.20. The fourth-order valence-corrected chi connectivity index (χ4v) is 4.24. The molecular weight excluding hydrogens is 326 g/mol. The van der Waals surface area contributed by atoms with Crippen LogP contribution in [0.15, 0.2) is 29.2 Å². The van der Waals surface area contributed by atoms with Gasteiger partial charge in [-0.2, -0.15) is 4.31 Å². The molecule has 1 unspecified atom stereocenters. The van der Waals surface area contributed by atoms with Crippen molar-refractivity contribution in [2.75, 3.05) is 13.1 Å². The third-order valence-electron chi connectivity index (χ3n) is 3.69. The molecule has 3 nitrogen and oxygen atoms in total. The van der Waals surface area contributed by atoms with Gasteiger partial charge in [-0.15, -0.1) is 0 Å². The normalized spacial score (nSPS) is 22.1. The van der Waals surface area contributed by atoms with Gasteiger partial charge in [0.2, 0.25) is 10.0 Å². The summed E-state index contributed by atoms with van der Waals surface area (Å²) in [5.74, 6) is 0.621. The first-order valence-electron chi connectivity index (χ1n) is 6.69. The highest BCUT2D eigenvalue weighted by molar-refractivity contribution is 9.08. The fraction of sp³-hybridized carbons (Fsp3) is 0.571. The van der Waals surface area contributed by atoms with Gasteiger partial charge in [0.15, 0.2) is 0 Å². The molecule has 0 aliphatic carbocycles. The number of hydrogen-bond donors (Lipinski definition) is 0. The second-order valence-electron chi connectivity index (χ2n) is 5.22. The molecule has 0 aromatic heterocycles. The van der Waals surface area contributed by atoms with Crippen molar-refractivity contribution in [2.45, 2.75) is 36.4 Å². The van der Waals surface area contributed by atoms with Crippen LogP contribution in [0.3, 0.4) is 0 Å². The molecule has 1 atom stereocenters. The lowest BCUT2D eigenvalue weighted by Crippen LogP contribution is -2.32. The van der Waals surface area contributed by atoms with Crippen molar-refractivity contribution in [2.24, 2.45) is 5.92 Å². The van der Waals surface area contributed by atoms with Gasteiger partial charge in [0.25, 0.3) is 0 Å².